The third-order valence-corrected chi connectivity index (χ3v) is 3.00. The summed E-state index contributed by atoms with van der Waals surface area (Å²) in [4.78, 5) is 5.85. The lowest BCUT2D eigenvalue weighted by Crippen LogP contribution is -2.23. The summed E-state index contributed by atoms with van der Waals surface area (Å²) in [5.74, 6) is 0. The first-order chi connectivity index (χ1) is 9.88. The van der Waals surface area contributed by atoms with Crippen LogP contribution in [0.25, 0.3) is 0 Å². The molecule has 2 nitrogen and oxygen atoms in total. The fraction of sp³-hybridized carbons (Fsp3) is 0.222. The SMILES string of the molecule is C=CCCON(Cc1ccccc1)Cc1ccccc1. The van der Waals surface area contributed by atoms with E-state index in [0.717, 1.165) is 19.5 Å². The monoisotopic (exact) mass is 267 g/mol. The van der Waals surface area contributed by atoms with Crippen molar-refractivity contribution in [3.05, 3.63) is 84.4 Å². The van der Waals surface area contributed by atoms with Crippen LogP contribution in [0.5, 0.6) is 0 Å². The number of hydrogen-bond acceptors (Lipinski definition) is 2. The molecule has 0 aliphatic heterocycles. The van der Waals surface area contributed by atoms with Crippen molar-refractivity contribution < 1.29 is 4.84 Å². The molecule has 0 radical (unpaired) electrons. The van der Waals surface area contributed by atoms with Gasteiger partial charge in [-0.05, 0) is 17.5 Å². The van der Waals surface area contributed by atoms with Gasteiger partial charge in [-0.3, -0.25) is 4.84 Å². The van der Waals surface area contributed by atoms with Crippen LogP contribution in [0.15, 0.2) is 73.3 Å². The number of hydroxylamine groups is 2. The van der Waals surface area contributed by atoms with E-state index in [0.29, 0.717) is 6.61 Å². The van der Waals surface area contributed by atoms with E-state index in [1.807, 2.05) is 23.3 Å². The van der Waals surface area contributed by atoms with Gasteiger partial charge in [0.25, 0.3) is 0 Å². The Balaban J connectivity index is 1.98. The van der Waals surface area contributed by atoms with Crippen LogP contribution in [-0.2, 0) is 17.9 Å². The molecule has 20 heavy (non-hydrogen) atoms. The summed E-state index contributed by atoms with van der Waals surface area (Å²) in [6.45, 7) is 5.97. The molecule has 0 bridgehead atoms. The van der Waals surface area contributed by atoms with Crippen molar-refractivity contribution in [3.8, 4) is 0 Å². The van der Waals surface area contributed by atoms with Crippen molar-refractivity contribution in [1.29, 1.82) is 0 Å². The molecule has 0 spiro atoms. The molecular weight excluding hydrogens is 246 g/mol. The van der Waals surface area contributed by atoms with Crippen molar-refractivity contribution in [2.45, 2.75) is 19.5 Å². The molecule has 0 atom stereocenters. The molecule has 2 aromatic carbocycles. The minimum Gasteiger partial charge on any atom is -0.298 e. The van der Waals surface area contributed by atoms with E-state index in [4.69, 9.17) is 4.84 Å². The number of nitrogens with zero attached hydrogens (tertiary/aromatic N) is 1. The van der Waals surface area contributed by atoms with E-state index in [1.165, 1.54) is 11.1 Å². The van der Waals surface area contributed by atoms with Gasteiger partial charge in [0.15, 0.2) is 0 Å². The third-order valence-electron chi connectivity index (χ3n) is 3.00. The first kappa shape index (κ1) is 14.5. The zero-order valence-electron chi connectivity index (χ0n) is 11.7. The smallest absolute Gasteiger partial charge is 0.0719 e. The second kappa shape index (κ2) is 8.31. The first-order valence-electron chi connectivity index (χ1n) is 6.95. The minimum atomic E-state index is 0.670. The fourth-order valence-corrected chi connectivity index (χ4v) is 1.99. The number of benzene rings is 2. The van der Waals surface area contributed by atoms with Gasteiger partial charge in [-0.25, -0.2) is 0 Å². The molecule has 2 aromatic rings. The average Bonchev–Trinajstić information content (AvgIpc) is 2.49. The van der Waals surface area contributed by atoms with Crippen LogP contribution in [0.4, 0.5) is 0 Å². The Morgan fingerprint density at radius 2 is 1.35 bits per heavy atom. The second-order valence-electron chi connectivity index (χ2n) is 4.68. The molecule has 0 fully saturated rings. The van der Waals surface area contributed by atoms with E-state index >= 15 is 0 Å². The Labute approximate surface area is 121 Å². The van der Waals surface area contributed by atoms with Crippen LogP contribution in [0.2, 0.25) is 0 Å². The van der Waals surface area contributed by atoms with Gasteiger partial charge >= 0.3 is 0 Å². The fourth-order valence-electron chi connectivity index (χ4n) is 1.99. The summed E-state index contributed by atoms with van der Waals surface area (Å²) >= 11 is 0. The van der Waals surface area contributed by atoms with E-state index < -0.39 is 0 Å². The molecule has 0 amide bonds. The molecule has 0 saturated carbocycles. The van der Waals surface area contributed by atoms with Crippen LogP contribution >= 0.6 is 0 Å². The molecule has 0 saturated heterocycles. The van der Waals surface area contributed by atoms with Gasteiger partial charge in [0.1, 0.15) is 0 Å². The molecule has 104 valence electrons. The average molecular weight is 267 g/mol. The van der Waals surface area contributed by atoms with Gasteiger partial charge < -0.3 is 0 Å². The Hall–Kier alpha value is -1.90. The Bertz CT molecular complexity index is 454. The van der Waals surface area contributed by atoms with E-state index in [9.17, 15) is 0 Å². The molecule has 0 aromatic heterocycles. The van der Waals surface area contributed by atoms with Crippen molar-refractivity contribution in [3.63, 3.8) is 0 Å². The maximum absolute atomic E-state index is 5.85. The van der Waals surface area contributed by atoms with Crippen LogP contribution in [0, 0.1) is 0 Å². The first-order valence-corrected chi connectivity index (χ1v) is 6.95. The zero-order chi connectivity index (χ0) is 14.0. The molecule has 0 N–H and O–H groups in total. The Morgan fingerprint density at radius 3 is 1.80 bits per heavy atom. The molecular formula is C18H21NO. The zero-order valence-corrected chi connectivity index (χ0v) is 11.7. The van der Waals surface area contributed by atoms with Crippen LogP contribution in [0.1, 0.15) is 17.5 Å². The predicted molar refractivity (Wildman–Crippen MR) is 82.9 cm³/mol. The topological polar surface area (TPSA) is 12.5 Å². The molecule has 0 aliphatic carbocycles. The Kier molecular flexibility index (Phi) is 6.03. The van der Waals surface area contributed by atoms with Gasteiger partial charge in [-0.2, -0.15) is 5.06 Å². The lowest BCUT2D eigenvalue weighted by Gasteiger charge is -2.22. The third kappa shape index (κ3) is 5.00. The lowest BCUT2D eigenvalue weighted by molar-refractivity contribution is -0.172. The van der Waals surface area contributed by atoms with Crippen molar-refractivity contribution in [1.82, 2.24) is 5.06 Å². The quantitative estimate of drug-likeness (QED) is 0.404. The number of rotatable bonds is 8. The normalized spacial score (nSPS) is 10.7. The summed E-state index contributed by atoms with van der Waals surface area (Å²) in [6.07, 6.45) is 2.74. The molecule has 2 heteroatoms. The van der Waals surface area contributed by atoms with Gasteiger partial charge in [0, 0.05) is 13.1 Å². The predicted octanol–water partition coefficient (Wildman–Crippen LogP) is 4.20. The van der Waals surface area contributed by atoms with E-state index in [-0.39, 0.29) is 0 Å². The second-order valence-corrected chi connectivity index (χ2v) is 4.68. The Morgan fingerprint density at radius 1 is 0.850 bits per heavy atom. The van der Waals surface area contributed by atoms with Crippen molar-refractivity contribution in [2.75, 3.05) is 6.61 Å². The van der Waals surface area contributed by atoms with Crippen molar-refractivity contribution in [2.24, 2.45) is 0 Å². The highest BCUT2D eigenvalue weighted by Gasteiger charge is 2.07. The van der Waals surface area contributed by atoms with Gasteiger partial charge in [0.2, 0.25) is 0 Å². The number of hydrogen-bond donors (Lipinski definition) is 0. The highest BCUT2D eigenvalue weighted by atomic mass is 16.7. The molecule has 0 heterocycles. The van der Waals surface area contributed by atoms with Crippen LogP contribution in [0.3, 0.4) is 0 Å². The lowest BCUT2D eigenvalue weighted by atomic mass is 10.2. The molecule has 0 unspecified atom stereocenters. The largest absolute Gasteiger partial charge is 0.298 e. The summed E-state index contributed by atoms with van der Waals surface area (Å²) in [5.41, 5.74) is 2.50. The maximum atomic E-state index is 5.85. The highest BCUT2D eigenvalue weighted by molar-refractivity contribution is 5.16. The molecule has 2 rings (SSSR count). The van der Waals surface area contributed by atoms with Crippen molar-refractivity contribution >= 4 is 0 Å². The standard InChI is InChI=1S/C18H21NO/c1-2-3-14-20-19(15-17-10-6-4-7-11-17)16-18-12-8-5-9-13-18/h2,4-13H,1,3,14-16H2. The van der Waals surface area contributed by atoms with Gasteiger partial charge in [-0.15, -0.1) is 6.58 Å². The van der Waals surface area contributed by atoms with Gasteiger partial charge in [0.05, 0.1) is 6.61 Å². The summed E-state index contributed by atoms with van der Waals surface area (Å²) in [7, 11) is 0. The summed E-state index contributed by atoms with van der Waals surface area (Å²) in [6, 6.07) is 20.8. The van der Waals surface area contributed by atoms with E-state index in [1.54, 1.807) is 0 Å². The van der Waals surface area contributed by atoms with Gasteiger partial charge in [-0.1, -0.05) is 66.7 Å². The van der Waals surface area contributed by atoms with Crippen LogP contribution in [-0.4, -0.2) is 11.7 Å². The van der Waals surface area contributed by atoms with E-state index in [2.05, 4.69) is 55.1 Å². The highest BCUT2D eigenvalue weighted by Crippen LogP contribution is 2.10. The maximum Gasteiger partial charge on any atom is 0.0719 e. The summed E-state index contributed by atoms with van der Waals surface area (Å²) < 4.78 is 0. The minimum absolute atomic E-state index is 0.670. The summed E-state index contributed by atoms with van der Waals surface area (Å²) in [5, 5.41) is 2.01. The van der Waals surface area contributed by atoms with Crippen LogP contribution < -0.4 is 0 Å². The molecule has 0 aliphatic rings.